The van der Waals surface area contributed by atoms with E-state index in [0.29, 0.717) is 0 Å². The molecule has 0 fully saturated rings. The zero-order valence-electron chi connectivity index (χ0n) is 10.6. The Morgan fingerprint density at radius 2 is 2.29 bits per heavy atom. The van der Waals surface area contributed by atoms with Crippen molar-refractivity contribution < 1.29 is 4.79 Å². The van der Waals surface area contributed by atoms with E-state index in [1.54, 1.807) is 6.20 Å². The fourth-order valence-corrected chi connectivity index (χ4v) is 1.49. The fourth-order valence-electron chi connectivity index (χ4n) is 1.49. The number of amides is 1. The van der Waals surface area contributed by atoms with Gasteiger partial charge in [-0.1, -0.05) is 6.92 Å². The smallest absolute Gasteiger partial charge is 0.236 e. The molecule has 17 heavy (non-hydrogen) atoms. The molecule has 1 unspecified atom stereocenters. The predicted octanol–water partition coefficient (Wildman–Crippen LogP) is 0.777. The highest BCUT2D eigenvalue weighted by Gasteiger charge is 2.09. The minimum atomic E-state index is -0.126. The zero-order chi connectivity index (χ0) is 12.5. The van der Waals surface area contributed by atoms with E-state index in [1.807, 2.05) is 30.8 Å². The van der Waals surface area contributed by atoms with Crippen LogP contribution in [0.3, 0.4) is 0 Å². The van der Waals surface area contributed by atoms with Crippen LogP contribution < -0.4 is 10.6 Å². The molecule has 5 nitrogen and oxygen atoms in total. The summed E-state index contributed by atoms with van der Waals surface area (Å²) in [6, 6.07) is 1.79. The van der Waals surface area contributed by atoms with E-state index >= 15 is 0 Å². The maximum absolute atomic E-state index is 11.5. The summed E-state index contributed by atoms with van der Waals surface area (Å²) < 4.78 is 1.89. The summed E-state index contributed by atoms with van der Waals surface area (Å²) in [5, 5.41) is 10.2. The van der Waals surface area contributed by atoms with Crippen molar-refractivity contribution in [1.29, 1.82) is 0 Å². The maximum Gasteiger partial charge on any atom is 0.236 e. The van der Waals surface area contributed by atoms with Gasteiger partial charge in [-0.15, -0.1) is 0 Å². The molecule has 0 aliphatic heterocycles. The van der Waals surface area contributed by atoms with E-state index in [9.17, 15) is 4.79 Å². The van der Waals surface area contributed by atoms with Gasteiger partial charge < -0.3 is 10.6 Å². The molecule has 0 spiro atoms. The molecule has 1 rings (SSSR count). The number of hydrogen-bond donors (Lipinski definition) is 2. The first kappa shape index (κ1) is 13.7. The second-order valence-electron chi connectivity index (χ2n) is 4.09. The predicted molar refractivity (Wildman–Crippen MR) is 67.6 cm³/mol. The molecular formula is C12H22N4O. The van der Waals surface area contributed by atoms with Gasteiger partial charge in [-0.25, -0.2) is 0 Å². The average Bonchev–Trinajstić information content (AvgIpc) is 2.84. The van der Waals surface area contributed by atoms with Gasteiger partial charge in [0.15, 0.2) is 0 Å². The van der Waals surface area contributed by atoms with Gasteiger partial charge in [0, 0.05) is 25.5 Å². The molecule has 5 heteroatoms. The molecule has 1 aromatic heterocycles. The molecule has 1 heterocycles. The van der Waals surface area contributed by atoms with Crippen LogP contribution in [0.4, 0.5) is 0 Å². The van der Waals surface area contributed by atoms with Crippen LogP contribution in [0, 0.1) is 0 Å². The summed E-state index contributed by atoms with van der Waals surface area (Å²) in [6.45, 7) is 6.38. The minimum Gasteiger partial charge on any atom is -0.355 e. The van der Waals surface area contributed by atoms with Crippen molar-refractivity contribution in [3.05, 3.63) is 18.5 Å². The lowest BCUT2D eigenvalue weighted by Gasteiger charge is -2.13. The molecule has 0 aliphatic rings. The maximum atomic E-state index is 11.5. The number of aryl methyl sites for hydroxylation is 1. The highest BCUT2D eigenvalue weighted by molar-refractivity contribution is 5.81. The fraction of sp³-hybridized carbons (Fsp3) is 0.667. The van der Waals surface area contributed by atoms with Crippen LogP contribution in [0.2, 0.25) is 0 Å². The van der Waals surface area contributed by atoms with Crippen LogP contribution in [-0.4, -0.2) is 34.8 Å². The molecule has 1 amide bonds. The Balaban J connectivity index is 2.07. The summed E-state index contributed by atoms with van der Waals surface area (Å²) in [4.78, 5) is 11.5. The van der Waals surface area contributed by atoms with Gasteiger partial charge in [-0.2, -0.15) is 5.10 Å². The van der Waals surface area contributed by atoms with E-state index in [0.717, 1.165) is 32.5 Å². The Labute approximate surface area is 103 Å². The molecule has 1 atom stereocenters. The number of carbonyl (C=O) groups excluding carboxylic acids is 1. The van der Waals surface area contributed by atoms with Gasteiger partial charge >= 0.3 is 0 Å². The van der Waals surface area contributed by atoms with Crippen molar-refractivity contribution in [2.45, 2.75) is 39.3 Å². The molecule has 96 valence electrons. The third-order valence-electron chi connectivity index (χ3n) is 2.52. The van der Waals surface area contributed by atoms with E-state index < -0.39 is 0 Å². The lowest BCUT2D eigenvalue weighted by atomic mass is 10.3. The molecule has 0 saturated carbocycles. The van der Waals surface area contributed by atoms with Gasteiger partial charge in [0.1, 0.15) is 0 Å². The monoisotopic (exact) mass is 238 g/mol. The van der Waals surface area contributed by atoms with Crippen LogP contribution in [0.25, 0.3) is 0 Å². The van der Waals surface area contributed by atoms with E-state index in [2.05, 4.69) is 15.7 Å². The van der Waals surface area contributed by atoms with Crippen LogP contribution in [0.1, 0.15) is 26.7 Å². The summed E-state index contributed by atoms with van der Waals surface area (Å²) in [5.41, 5.74) is 0. The standard InChI is InChI=1S/C12H22N4O/c1-3-6-14-12(17)11(2)13-7-4-9-16-10-5-8-15-16/h5,8,10-11,13H,3-4,6-7,9H2,1-2H3,(H,14,17). The van der Waals surface area contributed by atoms with Crippen molar-refractivity contribution in [2.24, 2.45) is 0 Å². The molecule has 1 aromatic rings. The van der Waals surface area contributed by atoms with Crippen molar-refractivity contribution >= 4 is 5.91 Å². The summed E-state index contributed by atoms with van der Waals surface area (Å²) in [6.07, 6.45) is 5.65. The first-order valence-electron chi connectivity index (χ1n) is 6.22. The van der Waals surface area contributed by atoms with Gasteiger partial charge in [0.05, 0.1) is 6.04 Å². The van der Waals surface area contributed by atoms with Crippen LogP contribution in [0.5, 0.6) is 0 Å². The Kier molecular flexibility index (Phi) is 6.32. The molecule has 0 saturated heterocycles. The third kappa shape index (κ3) is 5.49. The first-order valence-corrected chi connectivity index (χ1v) is 6.22. The highest BCUT2D eigenvalue weighted by Crippen LogP contribution is 1.89. The number of aromatic nitrogens is 2. The van der Waals surface area contributed by atoms with Crippen molar-refractivity contribution in [1.82, 2.24) is 20.4 Å². The molecule has 2 N–H and O–H groups in total. The summed E-state index contributed by atoms with van der Waals surface area (Å²) in [7, 11) is 0. The van der Waals surface area contributed by atoms with Gasteiger partial charge in [0.2, 0.25) is 5.91 Å². The van der Waals surface area contributed by atoms with Crippen molar-refractivity contribution in [3.63, 3.8) is 0 Å². The van der Waals surface area contributed by atoms with Crippen LogP contribution in [0.15, 0.2) is 18.5 Å². The van der Waals surface area contributed by atoms with Crippen LogP contribution in [-0.2, 0) is 11.3 Å². The summed E-state index contributed by atoms with van der Waals surface area (Å²) in [5.74, 6) is 0.0749. The van der Waals surface area contributed by atoms with Crippen molar-refractivity contribution in [2.75, 3.05) is 13.1 Å². The highest BCUT2D eigenvalue weighted by atomic mass is 16.2. The molecular weight excluding hydrogens is 216 g/mol. The largest absolute Gasteiger partial charge is 0.355 e. The molecule has 0 bridgehead atoms. The normalized spacial score (nSPS) is 12.4. The number of rotatable bonds is 8. The van der Waals surface area contributed by atoms with Gasteiger partial charge in [-0.05, 0) is 32.4 Å². The second-order valence-corrected chi connectivity index (χ2v) is 4.09. The minimum absolute atomic E-state index is 0.0749. The number of hydrogen-bond acceptors (Lipinski definition) is 3. The average molecular weight is 238 g/mol. The van der Waals surface area contributed by atoms with Gasteiger partial charge in [0.25, 0.3) is 0 Å². The number of nitrogens with one attached hydrogen (secondary N) is 2. The van der Waals surface area contributed by atoms with Crippen LogP contribution >= 0.6 is 0 Å². The van der Waals surface area contributed by atoms with E-state index in [-0.39, 0.29) is 11.9 Å². The van der Waals surface area contributed by atoms with Gasteiger partial charge in [-0.3, -0.25) is 9.48 Å². The van der Waals surface area contributed by atoms with E-state index in [4.69, 9.17) is 0 Å². The van der Waals surface area contributed by atoms with E-state index in [1.165, 1.54) is 0 Å². The Morgan fingerprint density at radius 1 is 1.47 bits per heavy atom. The lowest BCUT2D eigenvalue weighted by Crippen LogP contribution is -2.42. The third-order valence-corrected chi connectivity index (χ3v) is 2.52. The first-order chi connectivity index (χ1) is 8.24. The number of carbonyl (C=O) groups is 1. The Bertz CT molecular complexity index is 310. The van der Waals surface area contributed by atoms with Crippen molar-refractivity contribution in [3.8, 4) is 0 Å². The summed E-state index contributed by atoms with van der Waals surface area (Å²) >= 11 is 0. The topological polar surface area (TPSA) is 59.0 Å². The molecule has 0 radical (unpaired) electrons. The second kappa shape index (κ2) is 7.84. The SMILES string of the molecule is CCCNC(=O)C(C)NCCCn1cccn1. The molecule has 0 aliphatic carbocycles. The number of nitrogens with zero attached hydrogens (tertiary/aromatic N) is 2. The molecule has 0 aromatic carbocycles. The Hall–Kier alpha value is -1.36. The lowest BCUT2D eigenvalue weighted by molar-refractivity contribution is -0.122. The Morgan fingerprint density at radius 3 is 2.94 bits per heavy atom. The quantitative estimate of drug-likeness (QED) is 0.658. The zero-order valence-corrected chi connectivity index (χ0v) is 10.6.